The highest BCUT2D eigenvalue weighted by molar-refractivity contribution is 5.90. The zero-order chi connectivity index (χ0) is 22.7. The van der Waals surface area contributed by atoms with Crippen molar-refractivity contribution in [1.29, 1.82) is 0 Å². The van der Waals surface area contributed by atoms with Crippen molar-refractivity contribution >= 4 is 17.5 Å². The van der Waals surface area contributed by atoms with Crippen LogP contribution in [0, 0.1) is 0 Å². The van der Waals surface area contributed by atoms with Gasteiger partial charge in [-0.2, -0.15) is 0 Å². The first-order valence-electron chi connectivity index (χ1n) is 11.8. The van der Waals surface area contributed by atoms with Gasteiger partial charge < -0.3 is 15.2 Å². The number of aryl methyl sites for hydroxylation is 2. The van der Waals surface area contributed by atoms with Crippen LogP contribution in [-0.2, 0) is 34.3 Å². The number of H-pyrrole nitrogens is 1. The molecule has 2 amide bonds. The molecule has 1 spiro atoms. The maximum atomic E-state index is 12.9. The fourth-order valence-corrected chi connectivity index (χ4v) is 5.35. The Morgan fingerprint density at radius 1 is 1.03 bits per heavy atom. The molecule has 2 aromatic carbocycles. The van der Waals surface area contributed by atoms with Crippen LogP contribution in [0.5, 0.6) is 0 Å². The average Bonchev–Trinajstić information content (AvgIpc) is 3.49. The quantitative estimate of drug-likeness (QED) is 0.605. The number of hydrogen-bond acceptors (Lipinski definition) is 3. The summed E-state index contributed by atoms with van der Waals surface area (Å²) in [6.45, 7) is 1.66. The van der Waals surface area contributed by atoms with Crippen LogP contribution in [-0.4, -0.2) is 39.8 Å². The van der Waals surface area contributed by atoms with Crippen molar-refractivity contribution in [3.63, 3.8) is 0 Å². The van der Waals surface area contributed by atoms with E-state index in [0.29, 0.717) is 19.3 Å². The molecule has 3 aromatic rings. The second-order valence-corrected chi connectivity index (χ2v) is 9.32. The Morgan fingerprint density at radius 2 is 1.82 bits per heavy atom. The van der Waals surface area contributed by atoms with Crippen LogP contribution in [0.1, 0.15) is 48.1 Å². The van der Waals surface area contributed by atoms with Gasteiger partial charge >= 0.3 is 0 Å². The highest BCUT2D eigenvalue weighted by Gasteiger charge is 2.41. The smallest absolute Gasteiger partial charge is 0.226 e. The number of fused-ring (bicyclic) bond motifs is 2. The molecular formula is C27H30N4O2. The van der Waals surface area contributed by atoms with Gasteiger partial charge in [-0.3, -0.25) is 9.59 Å². The highest BCUT2D eigenvalue weighted by Crippen LogP contribution is 2.46. The summed E-state index contributed by atoms with van der Waals surface area (Å²) >= 11 is 0. The zero-order valence-corrected chi connectivity index (χ0v) is 18.8. The van der Waals surface area contributed by atoms with Gasteiger partial charge in [0.25, 0.3) is 0 Å². The van der Waals surface area contributed by atoms with Crippen molar-refractivity contribution in [3.05, 3.63) is 83.4 Å². The number of nitrogens with zero attached hydrogens (tertiary/aromatic N) is 2. The number of aromatic amines is 1. The fraction of sp³-hybridized carbons (Fsp3) is 0.370. The number of nitrogens with one attached hydrogen (secondary N) is 2. The minimum Gasteiger partial charge on any atom is -0.348 e. The molecule has 2 heterocycles. The Kier molecular flexibility index (Phi) is 5.99. The molecule has 1 fully saturated rings. The summed E-state index contributed by atoms with van der Waals surface area (Å²) in [4.78, 5) is 34.1. The van der Waals surface area contributed by atoms with Gasteiger partial charge in [-0.1, -0.05) is 36.4 Å². The van der Waals surface area contributed by atoms with Crippen LogP contribution in [0.2, 0.25) is 0 Å². The molecule has 6 nitrogen and oxygen atoms in total. The molecule has 33 heavy (non-hydrogen) atoms. The molecule has 170 valence electrons. The van der Waals surface area contributed by atoms with Gasteiger partial charge in [0.15, 0.2) is 0 Å². The highest BCUT2D eigenvalue weighted by atomic mass is 16.2. The SMILES string of the molecule is O=C(CCc1cnc[nH]1)Nc1ccc(CC(=O)N2CCC3(CCc4ccccc43)CC2)cc1. The maximum Gasteiger partial charge on any atom is 0.226 e. The van der Waals surface area contributed by atoms with Crippen LogP contribution in [0.15, 0.2) is 61.1 Å². The molecule has 0 atom stereocenters. The number of carbonyl (C=O) groups excluding carboxylic acids is 2. The third kappa shape index (κ3) is 4.70. The number of hydrogen-bond donors (Lipinski definition) is 2. The lowest BCUT2D eigenvalue weighted by Crippen LogP contribution is -2.44. The Hall–Kier alpha value is -3.41. The van der Waals surface area contributed by atoms with Crippen LogP contribution >= 0.6 is 0 Å². The number of imidazole rings is 1. The minimum absolute atomic E-state index is 0.0378. The van der Waals surface area contributed by atoms with Crippen molar-refractivity contribution in [1.82, 2.24) is 14.9 Å². The van der Waals surface area contributed by atoms with Crippen molar-refractivity contribution in [2.24, 2.45) is 0 Å². The summed E-state index contributed by atoms with van der Waals surface area (Å²) in [5, 5.41) is 2.92. The van der Waals surface area contributed by atoms with Crippen molar-refractivity contribution in [2.75, 3.05) is 18.4 Å². The number of piperidine rings is 1. The molecule has 1 aliphatic heterocycles. The first-order chi connectivity index (χ1) is 16.1. The third-order valence-corrected chi connectivity index (χ3v) is 7.30. The summed E-state index contributed by atoms with van der Waals surface area (Å²) in [6, 6.07) is 16.4. The van der Waals surface area contributed by atoms with Gasteiger partial charge in [-0.15, -0.1) is 0 Å². The van der Waals surface area contributed by atoms with Gasteiger partial charge in [0.05, 0.1) is 12.7 Å². The van der Waals surface area contributed by atoms with Crippen LogP contribution < -0.4 is 5.32 Å². The van der Waals surface area contributed by atoms with Gasteiger partial charge in [0, 0.05) is 37.1 Å². The van der Waals surface area contributed by atoms with Crippen molar-refractivity contribution in [3.8, 4) is 0 Å². The predicted octanol–water partition coefficient (Wildman–Crippen LogP) is 4.03. The maximum absolute atomic E-state index is 12.9. The Labute approximate surface area is 194 Å². The van der Waals surface area contributed by atoms with E-state index in [1.165, 1.54) is 17.5 Å². The van der Waals surface area contributed by atoms with E-state index in [0.717, 1.165) is 49.3 Å². The molecule has 0 saturated carbocycles. The van der Waals surface area contributed by atoms with Crippen molar-refractivity contribution < 1.29 is 9.59 Å². The van der Waals surface area contributed by atoms with Gasteiger partial charge in [-0.05, 0) is 66.3 Å². The van der Waals surface area contributed by atoms with Gasteiger partial charge in [-0.25, -0.2) is 4.98 Å². The average molecular weight is 443 g/mol. The minimum atomic E-state index is -0.0378. The standard InChI is InChI=1S/C27H30N4O2/c32-25(10-9-23-18-28-19-29-23)30-22-7-5-20(6-8-22)17-26(33)31-15-13-27(14-16-31)12-11-21-3-1-2-4-24(21)27/h1-8,18-19H,9-17H2,(H,28,29)(H,30,32). The third-order valence-electron chi connectivity index (χ3n) is 7.30. The number of rotatable bonds is 6. The summed E-state index contributed by atoms with van der Waals surface area (Å²) in [5.74, 6) is 0.150. The second kappa shape index (κ2) is 9.22. The molecule has 5 rings (SSSR count). The molecular weight excluding hydrogens is 412 g/mol. The number of anilines is 1. The van der Waals surface area contributed by atoms with E-state index in [4.69, 9.17) is 0 Å². The largest absolute Gasteiger partial charge is 0.348 e. The van der Waals surface area contributed by atoms with E-state index in [2.05, 4.69) is 39.6 Å². The number of amides is 2. The van der Waals surface area contributed by atoms with Gasteiger partial charge in [0.1, 0.15) is 0 Å². The molecule has 0 bridgehead atoms. The van der Waals surface area contributed by atoms with Crippen molar-refractivity contribution in [2.45, 2.75) is 50.4 Å². The molecule has 1 aromatic heterocycles. The summed E-state index contributed by atoms with van der Waals surface area (Å²) < 4.78 is 0. The molecule has 2 aliphatic rings. The summed E-state index contributed by atoms with van der Waals surface area (Å²) in [5.41, 5.74) is 5.94. The van der Waals surface area contributed by atoms with E-state index >= 15 is 0 Å². The lowest BCUT2D eigenvalue weighted by Gasteiger charge is -2.40. The fourth-order valence-electron chi connectivity index (χ4n) is 5.35. The second-order valence-electron chi connectivity index (χ2n) is 9.32. The number of carbonyl (C=O) groups is 2. The molecule has 1 saturated heterocycles. The van der Waals surface area contributed by atoms with E-state index in [1.54, 1.807) is 12.5 Å². The first-order valence-corrected chi connectivity index (χ1v) is 11.8. The Bertz CT molecular complexity index is 1110. The Morgan fingerprint density at radius 3 is 2.58 bits per heavy atom. The predicted molar refractivity (Wildman–Crippen MR) is 128 cm³/mol. The van der Waals surface area contributed by atoms with Crippen LogP contribution in [0.4, 0.5) is 5.69 Å². The summed E-state index contributed by atoms with van der Waals surface area (Å²) in [7, 11) is 0. The lowest BCUT2D eigenvalue weighted by atomic mass is 9.74. The number of benzene rings is 2. The number of likely N-dealkylation sites (tertiary alicyclic amines) is 1. The molecule has 0 unspecified atom stereocenters. The zero-order valence-electron chi connectivity index (χ0n) is 18.8. The molecule has 2 N–H and O–H groups in total. The monoisotopic (exact) mass is 442 g/mol. The van der Waals surface area contributed by atoms with E-state index in [1.807, 2.05) is 29.2 Å². The van der Waals surface area contributed by atoms with Crippen LogP contribution in [0.25, 0.3) is 0 Å². The topological polar surface area (TPSA) is 78.1 Å². The summed E-state index contributed by atoms with van der Waals surface area (Å²) in [6.07, 6.45) is 9.25. The van der Waals surface area contributed by atoms with E-state index in [9.17, 15) is 9.59 Å². The van der Waals surface area contributed by atoms with Gasteiger partial charge in [0.2, 0.25) is 11.8 Å². The molecule has 1 aliphatic carbocycles. The first kappa shape index (κ1) is 21.4. The van der Waals surface area contributed by atoms with E-state index in [-0.39, 0.29) is 17.2 Å². The lowest BCUT2D eigenvalue weighted by molar-refractivity contribution is -0.132. The molecule has 6 heteroatoms. The Balaban J connectivity index is 1.11. The van der Waals surface area contributed by atoms with Crippen LogP contribution in [0.3, 0.4) is 0 Å². The normalized spacial score (nSPS) is 16.5. The number of aromatic nitrogens is 2. The molecule has 0 radical (unpaired) electrons. The van der Waals surface area contributed by atoms with E-state index < -0.39 is 0 Å².